The molecule has 0 fully saturated rings. The maximum Gasteiger partial charge on any atom is 0.174 e. The van der Waals surface area contributed by atoms with Gasteiger partial charge in [-0.1, -0.05) is 57.2 Å². The molecule has 0 amide bonds. The van der Waals surface area contributed by atoms with Crippen molar-refractivity contribution in [2.24, 2.45) is 0 Å². The van der Waals surface area contributed by atoms with Gasteiger partial charge in [-0.2, -0.15) is 0 Å². The van der Waals surface area contributed by atoms with Crippen molar-refractivity contribution in [1.29, 1.82) is 0 Å². The van der Waals surface area contributed by atoms with Gasteiger partial charge in [0.25, 0.3) is 0 Å². The summed E-state index contributed by atoms with van der Waals surface area (Å²) in [4.78, 5) is 2.18. The van der Waals surface area contributed by atoms with Crippen LogP contribution in [-0.2, 0) is 18.5 Å². The van der Waals surface area contributed by atoms with Crippen LogP contribution in [0, 0.1) is 0 Å². The minimum Gasteiger partial charge on any atom is -0.497 e. The van der Waals surface area contributed by atoms with Crippen LogP contribution >= 0.6 is 12.2 Å². The van der Waals surface area contributed by atoms with Gasteiger partial charge in [0.15, 0.2) is 5.11 Å². The summed E-state index contributed by atoms with van der Waals surface area (Å²) >= 11 is 5.83. The number of methoxy groups -OCH3 is 1. The molecule has 0 saturated heterocycles. The third-order valence-electron chi connectivity index (χ3n) is 5.43. The van der Waals surface area contributed by atoms with E-state index < -0.39 is 0 Å². The molecule has 5 heteroatoms. The van der Waals surface area contributed by atoms with E-state index in [1.807, 2.05) is 43.3 Å². The van der Waals surface area contributed by atoms with Gasteiger partial charge in [0.1, 0.15) is 11.5 Å². The van der Waals surface area contributed by atoms with Crippen molar-refractivity contribution in [3.05, 3.63) is 89.5 Å². The Morgan fingerprint density at radius 3 is 1.82 bits per heavy atom. The first-order chi connectivity index (χ1) is 15.8. The van der Waals surface area contributed by atoms with Crippen LogP contribution in [0.2, 0.25) is 0 Å². The molecule has 0 bridgehead atoms. The van der Waals surface area contributed by atoms with E-state index in [2.05, 4.69) is 67.4 Å². The van der Waals surface area contributed by atoms with E-state index in [-0.39, 0.29) is 5.41 Å². The van der Waals surface area contributed by atoms with E-state index in [0.717, 1.165) is 22.7 Å². The standard InChI is InChI=1S/C28H34N2O2S/c1-6-32-26-17-13-24(14-18-26)29-27(33)30(20-22-9-15-25(31-5)16-10-22)19-21-7-11-23(12-8-21)28(2,3)4/h7-18H,6,19-20H2,1-5H3,(H,29,33). The van der Waals surface area contributed by atoms with Crippen molar-refractivity contribution in [1.82, 2.24) is 4.90 Å². The zero-order chi connectivity index (χ0) is 23.8. The zero-order valence-electron chi connectivity index (χ0n) is 20.2. The van der Waals surface area contributed by atoms with Gasteiger partial charge >= 0.3 is 0 Å². The molecule has 0 saturated carbocycles. The molecular formula is C28H34N2O2S. The molecule has 0 atom stereocenters. The third-order valence-corrected chi connectivity index (χ3v) is 5.79. The van der Waals surface area contributed by atoms with Gasteiger partial charge in [-0.25, -0.2) is 0 Å². The molecule has 3 aromatic rings. The molecule has 0 aliphatic carbocycles. The minimum atomic E-state index is 0.131. The molecule has 174 valence electrons. The molecule has 0 aliphatic rings. The first kappa shape index (κ1) is 24.6. The van der Waals surface area contributed by atoms with Crippen LogP contribution in [0.25, 0.3) is 0 Å². The van der Waals surface area contributed by atoms with Crippen LogP contribution in [-0.4, -0.2) is 23.7 Å². The molecule has 4 nitrogen and oxygen atoms in total. The highest BCUT2D eigenvalue weighted by Crippen LogP contribution is 2.23. The van der Waals surface area contributed by atoms with Crippen LogP contribution in [0.15, 0.2) is 72.8 Å². The first-order valence-corrected chi connectivity index (χ1v) is 11.7. The van der Waals surface area contributed by atoms with Gasteiger partial charge in [-0.05, 0) is 77.6 Å². The lowest BCUT2D eigenvalue weighted by molar-refractivity contribution is 0.340. The third kappa shape index (κ3) is 7.22. The number of thiocarbonyl (C=S) groups is 1. The number of hydrogen-bond acceptors (Lipinski definition) is 3. The highest BCUT2D eigenvalue weighted by molar-refractivity contribution is 7.80. The molecule has 0 aliphatic heterocycles. The van der Waals surface area contributed by atoms with Gasteiger partial charge < -0.3 is 19.7 Å². The van der Waals surface area contributed by atoms with Crippen molar-refractivity contribution in [2.75, 3.05) is 19.0 Å². The second-order valence-electron chi connectivity index (χ2n) is 9.04. The lowest BCUT2D eigenvalue weighted by Crippen LogP contribution is -2.33. The lowest BCUT2D eigenvalue weighted by atomic mass is 9.87. The van der Waals surface area contributed by atoms with E-state index in [1.54, 1.807) is 7.11 Å². The van der Waals surface area contributed by atoms with Crippen molar-refractivity contribution < 1.29 is 9.47 Å². The Morgan fingerprint density at radius 1 is 0.818 bits per heavy atom. The number of nitrogens with one attached hydrogen (secondary N) is 1. The summed E-state index contributed by atoms with van der Waals surface area (Å²) in [5.74, 6) is 1.70. The van der Waals surface area contributed by atoms with Crippen LogP contribution in [0.5, 0.6) is 11.5 Å². The van der Waals surface area contributed by atoms with Crippen molar-refractivity contribution >= 4 is 23.0 Å². The summed E-state index contributed by atoms with van der Waals surface area (Å²) in [6.07, 6.45) is 0. The molecule has 3 aromatic carbocycles. The average Bonchev–Trinajstić information content (AvgIpc) is 2.80. The van der Waals surface area contributed by atoms with Crippen LogP contribution in [0.3, 0.4) is 0 Å². The Hall–Kier alpha value is -3.05. The number of ether oxygens (including phenoxy) is 2. The summed E-state index contributed by atoms with van der Waals surface area (Å²) in [6.45, 7) is 10.7. The number of nitrogens with zero attached hydrogens (tertiary/aromatic N) is 1. The first-order valence-electron chi connectivity index (χ1n) is 11.3. The normalized spacial score (nSPS) is 11.1. The summed E-state index contributed by atoms with van der Waals surface area (Å²) < 4.78 is 10.8. The lowest BCUT2D eigenvalue weighted by Gasteiger charge is -2.27. The molecule has 1 N–H and O–H groups in total. The topological polar surface area (TPSA) is 33.7 Å². The van der Waals surface area contributed by atoms with Gasteiger partial charge in [-0.3, -0.25) is 0 Å². The van der Waals surface area contributed by atoms with Crippen LogP contribution < -0.4 is 14.8 Å². The van der Waals surface area contributed by atoms with E-state index in [1.165, 1.54) is 11.1 Å². The predicted molar refractivity (Wildman–Crippen MR) is 141 cm³/mol. The Bertz CT molecular complexity index is 1020. The van der Waals surface area contributed by atoms with E-state index in [4.69, 9.17) is 21.7 Å². The molecule has 0 unspecified atom stereocenters. The van der Waals surface area contributed by atoms with Gasteiger partial charge in [-0.15, -0.1) is 0 Å². The largest absolute Gasteiger partial charge is 0.497 e. The molecular weight excluding hydrogens is 428 g/mol. The monoisotopic (exact) mass is 462 g/mol. The number of hydrogen-bond donors (Lipinski definition) is 1. The molecule has 0 heterocycles. The maximum absolute atomic E-state index is 5.83. The Balaban J connectivity index is 1.78. The van der Waals surface area contributed by atoms with E-state index >= 15 is 0 Å². The van der Waals surface area contributed by atoms with Gasteiger partial charge in [0.2, 0.25) is 0 Å². The zero-order valence-corrected chi connectivity index (χ0v) is 21.0. The van der Waals surface area contributed by atoms with Gasteiger partial charge in [0.05, 0.1) is 13.7 Å². The Morgan fingerprint density at radius 2 is 1.33 bits per heavy atom. The highest BCUT2D eigenvalue weighted by Gasteiger charge is 2.15. The van der Waals surface area contributed by atoms with Crippen molar-refractivity contribution in [3.8, 4) is 11.5 Å². The fourth-order valence-corrected chi connectivity index (χ4v) is 3.73. The maximum atomic E-state index is 5.83. The summed E-state index contributed by atoms with van der Waals surface area (Å²) in [5, 5.41) is 4.06. The molecule has 33 heavy (non-hydrogen) atoms. The van der Waals surface area contributed by atoms with Crippen LogP contribution in [0.4, 0.5) is 5.69 Å². The molecule has 0 radical (unpaired) electrons. The van der Waals surface area contributed by atoms with Crippen LogP contribution in [0.1, 0.15) is 44.4 Å². The Labute approximate surface area is 203 Å². The smallest absolute Gasteiger partial charge is 0.174 e. The molecule has 0 spiro atoms. The summed E-state index contributed by atoms with van der Waals surface area (Å²) in [6, 6.07) is 24.8. The van der Waals surface area contributed by atoms with E-state index in [9.17, 15) is 0 Å². The van der Waals surface area contributed by atoms with E-state index in [0.29, 0.717) is 24.8 Å². The summed E-state index contributed by atoms with van der Waals surface area (Å²) in [7, 11) is 1.68. The highest BCUT2D eigenvalue weighted by atomic mass is 32.1. The number of anilines is 1. The summed E-state index contributed by atoms with van der Waals surface area (Å²) in [5.41, 5.74) is 4.77. The second kappa shape index (κ2) is 11.2. The van der Waals surface area contributed by atoms with Crippen molar-refractivity contribution in [2.45, 2.75) is 46.2 Å². The quantitative estimate of drug-likeness (QED) is 0.373. The SMILES string of the molecule is CCOc1ccc(NC(=S)N(Cc2ccc(OC)cc2)Cc2ccc(C(C)(C)C)cc2)cc1. The van der Waals surface area contributed by atoms with Gasteiger partial charge in [0, 0.05) is 18.8 Å². The average molecular weight is 463 g/mol. The Kier molecular flexibility index (Phi) is 8.34. The van der Waals surface area contributed by atoms with Crippen molar-refractivity contribution in [3.63, 3.8) is 0 Å². The fourth-order valence-electron chi connectivity index (χ4n) is 3.49. The molecule has 3 rings (SSSR count). The second-order valence-corrected chi connectivity index (χ2v) is 9.43. The number of rotatable bonds is 8. The predicted octanol–water partition coefficient (Wildman–Crippen LogP) is 6.79. The molecule has 0 aromatic heterocycles. The fraction of sp³-hybridized carbons (Fsp3) is 0.321. The minimum absolute atomic E-state index is 0.131. The number of benzene rings is 3.